The van der Waals surface area contributed by atoms with Crippen molar-refractivity contribution in [3.63, 3.8) is 0 Å². The SMILES string of the molecule is CC(C)(C)CCCCC1(C)C(=O)C(C2=NS(=O)(=O)c3cc(NC(=O)OC(C)(C)C)ccc3N2)=C(O)c2ccccc21. The van der Waals surface area contributed by atoms with Crippen LogP contribution in [0.2, 0.25) is 0 Å². The van der Waals surface area contributed by atoms with E-state index in [0.29, 0.717) is 17.5 Å². The second kappa shape index (κ2) is 10.6. The number of carbonyl (C=O) groups excluding carboxylic acids is 2. The summed E-state index contributed by atoms with van der Waals surface area (Å²) in [4.78, 5) is 26.1. The lowest BCUT2D eigenvalue weighted by molar-refractivity contribution is -0.120. The van der Waals surface area contributed by atoms with Crippen LogP contribution in [0.3, 0.4) is 0 Å². The van der Waals surface area contributed by atoms with Gasteiger partial charge in [0, 0.05) is 11.3 Å². The van der Waals surface area contributed by atoms with Crippen LogP contribution < -0.4 is 10.6 Å². The Hall–Kier alpha value is -3.66. The van der Waals surface area contributed by atoms with Crippen molar-refractivity contribution in [1.82, 2.24) is 0 Å². The Kier molecular flexibility index (Phi) is 7.86. The summed E-state index contributed by atoms with van der Waals surface area (Å²) in [6.45, 7) is 13.5. The Morgan fingerprint density at radius 3 is 2.41 bits per heavy atom. The van der Waals surface area contributed by atoms with E-state index in [4.69, 9.17) is 4.74 Å². The molecule has 2 aromatic carbocycles. The smallest absolute Gasteiger partial charge is 0.412 e. The lowest BCUT2D eigenvalue weighted by atomic mass is 9.66. The third-order valence-corrected chi connectivity index (χ3v) is 8.52. The molecule has 9 nitrogen and oxygen atoms in total. The summed E-state index contributed by atoms with van der Waals surface area (Å²) in [6, 6.07) is 11.4. The lowest BCUT2D eigenvalue weighted by Gasteiger charge is -2.36. The van der Waals surface area contributed by atoms with E-state index in [9.17, 15) is 23.1 Å². The molecule has 0 radical (unpaired) electrons. The molecule has 2 aliphatic rings. The van der Waals surface area contributed by atoms with Crippen LogP contribution in [0.15, 0.2) is 57.3 Å². The molecule has 0 bridgehead atoms. The maximum absolute atomic E-state index is 14.1. The fourth-order valence-electron chi connectivity index (χ4n) is 5.18. The minimum Gasteiger partial charge on any atom is -0.506 e. The van der Waals surface area contributed by atoms with Crippen molar-refractivity contribution in [3.05, 3.63) is 59.2 Å². The van der Waals surface area contributed by atoms with Gasteiger partial charge in [-0.25, -0.2) is 4.79 Å². The standard InChI is InChI=1S/C31H39N3O6S/c1-29(2,3)16-10-11-17-31(7)21-13-9-8-12-20(21)25(35)24(26(31)36)27-33-22-15-14-19(18-23(22)41(38,39)34-27)32-28(37)40-30(4,5)6/h8-9,12-15,18,35H,10-11,16-17H2,1-7H3,(H,32,37)(H,33,34). The second-order valence-electron chi connectivity index (χ2n) is 13.1. The van der Waals surface area contributed by atoms with Gasteiger partial charge < -0.3 is 15.2 Å². The molecule has 4 rings (SSSR count). The molecule has 1 atom stereocenters. The van der Waals surface area contributed by atoms with Gasteiger partial charge in [0.25, 0.3) is 10.0 Å². The van der Waals surface area contributed by atoms with Crippen molar-refractivity contribution < 1.29 is 27.9 Å². The number of rotatable bonds is 6. The summed E-state index contributed by atoms with van der Waals surface area (Å²) in [7, 11) is -4.30. The Balaban J connectivity index is 1.69. The van der Waals surface area contributed by atoms with Gasteiger partial charge in [-0.2, -0.15) is 8.42 Å². The van der Waals surface area contributed by atoms with Crippen LogP contribution in [0.1, 0.15) is 85.3 Å². The predicted octanol–water partition coefficient (Wildman–Crippen LogP) is 6.96. The zero-order chi connectivity index (χ0) is 30.4. The Bertz CT molecular complexity index is 1560. The van der Waals surface area contributed by atoms with Crippen LogP contribution in [-0.2, 0) is 25.0 Å². The van der Waals surface area contributed by atoms with Gasteiger partial charge in [0.15, 0.2) is 11.6 Å². The molecular weight excluding hydrogens is 542 g/mol. The molecule has 0 spiro atoms. The highest BCUT2D eigenvalue weighted by atomic mass is 32.2. The highest BCUT2D eigenvalue weighted by Crippen LogP contribution is 2.44. The van der Waals surface area contributed by atoms with Crippen molar-refractivity contribution in [2.45, 2.75) is 90.1 Å². The van der Waals surface area contributed by atoms with Crippen LogP contribution in [0.25, 0.3) is 5.76 Å². The summed E-state index contributed by atoms with van der Waals surface area (Å²) in [5.41, 5.74) is -0.142. The number of amides is 1. The number of anilines is 2. The van der Waals surface area contributed by atoms with Crippen LogP contribution in [0.4, 0.5) is 16.2 Å². The van der Waals surface area contributed by atoms with E-state index in [0.717, 1.165) is 19.3 Å². The monoisotopic (exact) mass is 581 g/mol. The number of nitrogens with one attached hydrogen (secondary N) is 2. The number of ether oxygens (including phenoxy) is 1. The molecule has 1 aliphatic carbocycles. The molecule has 10 heteroatoms. The number of hydrogen-bond donors (Lipinski definition) is 3. The predicted molar refractivity (Wildman–Crippen MR) is 161 cm³/mol. The van der Waals surface area contributed by atoms with E-state index in [-0.39, 0.29) is 38.9 Å². The first-order valence-corrected chi connectivity index (χ1v) is 15.2. The minimum absolute atomic E-state index is 0.160. The third-order valence-electron chi connectivity index (χ3n) is 7.20. The fraction of sp³-hybridized carbons (Fsp3) is 0.452. The first-order valence-electron chi connectivity index (χ1n) is 13.8. The average molecular weight is 582 g/mol. The number of ketones is 1. The Morgan fingerprint density at radius 1 is 1.07 bits per heavy atom. The Labute approximate surface area is 242 Å². The molecule has 0 saturated carbocycles. The van der Waals surface area contributed by atoms with Gasteiger partial charge >= 0.3 is 6.09 Å². The van der Waals surface area contributed by atoms with E-state index in [1.165, 1.54) is 18.2 Å². The summed E-state index contributed by atoms with van der Waals surface area (Å²) < 4.78 is 35.8. The van der Waals surface area contributed by atoms with Gasteiger partial charge in [-0.15, -0.1) is 4.40 Å². The van der Waals surface area contributed by atoms with E-state index in [2.05, 4.69) is 35.8 Å². The topological polar surface area (TPSA) is 134 Å². The van der Waals surface area contributed by atoms with Crippen LogP contribution in [0.5, 0.6) is 0 Å². The number of nitrogens with zero attached hydrogens (tertiary/aromatic N) is 1. The van der Waals surface area contributed by atoms with Gasteiger partial charge in [0.2, 0.25) is 0 Å². The second-order valence-corrected chi connectivity index (χ2v) is 14.6. The molecule has 0 aromatic heterocycles. The summed E-state index contributed by atoms with van der Waals surface area (Å²) >= 11 is 0. The summed E-state index contributed by atoms with van der Waals surface area (Å²) in [5.74, 6) is -0.938. The van der Waals surface area contributed by atoms with Gasteiger partial charge in [-0.3, -0.25) is 10.1 Å². The molecule has 1 aliphatic heterocycles. The van der Waals surface area contributed by atoms with Crippen molar-refractivity contribution in [1.29, 1.82) is 0 Å². The molecule has 41 heavy (non-hydrogen) atoms. The number of Topliss-reactive ketones (excluding diaryl/α,β-unsaturated/α-hetero) is 1. The quantitative estimate of drug-likeness (QED) is 0.314. The fourth-order valence-corrected chi connectivity index (χ4v) is 6.33. The van der Waals surface area contributed by atoms with E-state index in [1.54, 1.807) is 32.9 Å². The zero-order valence-corrected chi connectivity index (χ0v) is 25.5. The summed E-state index contributed by atoms with van der Waals surface area (Å²) in [5, 5.41) is 16.8. The zero-order valence-electron chi connectivity index (χ0n) is 24.7. The number of amidine groups is 1. The number of benzene rings is 2. The number of sulfonamides is 1. The highest BCUT2D eigenvalue weighted by molar-refractivity contribution is 7.90. The first kappa shape index (κ1) is 30.3. The maximum atomic E-state index is 14.1. The number of fused-ring (bicyclic) bond motifs is 2. The molecule has 220 valence electrons. The molecule has 2 aromatic rings. The van der Waals surface area contributed by atoms with Crippen molar-refractivity contribution >= 4 is 44.9 Å². The number of aliphatic hydroxyl groups is 1. The van der Waals surface area contributed by atoms with E-state index < -0.39 is 32.9 Å². The average Bonchev–Trinajstić information content (AvgIpc) is 2.84. The molecule has 0 saturated heterocycles. The molecule has 1 unspecified atom stereocenters. The van der Waals surface area contributed by atoms with Crippen LogP contribution >= 0.6 is 0 Å². The minimum atomic E-state index is -4.30. The molecular formula is C31H39N3O6S. The largest absolute Gasteiger partial charge is 0.506 e. The van der Waals surface area contributed by atoms with Crippen LogP contribution in [-0.4, -0.2) is 36.8 Å². The molecule has 0 fully saturated rings. The number of carbonyl (C=O) groups is 2. The third kappa shape index (κ3) is 6.48. The normalized spacial score (nSPS) is 20.0. The van der Waals surface area contributed by atoms with E-state index >= 15 is 0 Å². The number of hydrogen-bond acceptors (Lipinski definition) is 7. The molecule has 1 heterocycles. The summed E-state index contributed by atoms with van der Waals surface area (Å²) in [6.07, 6.45) is 2.52. The maximum Gasteiger partial charge on any atom is 0.412 e. The first-order chi connectivity index (χ1) is 18.9. The molecule has 3 N–H and O–H groups in total. The van der Waals surface area contributed by atoms with Gasteiger partial charge in [-0.1, -0.05) is 57.9 Å². The van der Waals surface area contributed by atoms with Crippen molar-refractivity contribution in [2.24, 2.45) is 9.81 Å². The lowest BCUT2D eigenvalue weighted by Crippen LogP contribution is -2.42. The van der Waals surface area contributed by atoms with Gasteiger partial charge in [0.1, 0.15) is 21.8 Å². The van der Waals surface area contributed by atoms with Gasteiger partial charge in [0.05, 0.1) is 11.1 Å². The number of aliphatic hydroxyl groups excluding tert-OH is 1. The van der Waals surface area contributed by atoms with Crippen molar-refractivity contribution in [2.75, 3.05) is 10.6 Å². The van der Waals surface area contributed by atoms with E-state index in [1.807, 2.05) is 19.1 Å². The molecule has 1 amide bonds. The Morgan fingerprint density at radius 2 is 1.76 bits per heavy atom. The van der Waals surface area contributed by atoms with Crippen molar-refractivity contribution in [3.8, 4) is 0 Å². The van der Waals surface area contributed by atoms with Crippen LogP contribution in [0, 0.1) is 5.41 Å². The number of unbranched alkanes of at least 4 members (excludes halogenated alkanes) is 1. The highest BCUT2D eigenvalue weighted by Gasteiger charge is 2.46. The van der Waals surface area contributed by atoms with Gasteiger partial charge in [-0.05, 0) is 69.7 Å².